The summed E-state index contributed by atoms with van der Waals surface area (Å²) in [6.45, 7) is 0.329. The van der Waals surface area contributed by atoms with Crippen molar-refractivity contribution in [2.45, 2.75) is 18.9 Å². The fourth-order valence-electron chi connectivity index (χ4n) is 2.90. The third kappa shape index (κ3) is 6.52. The number of hydrogen-bond donors (Lipinski definition) is 3. The van der Waals surface area contributed by atoms with Crippen molar-refractivity contribution in [1.82, 2.24) is 0 Å². The molecule has 3 aromatic carbocycles. The van der Waals surface area contributed by atoms with E-state index in [9.17, 15) is 9.90 Å². The van der Waals surface area contributed by atoms with Gasteiger partial charge in [0.1, 0.15) is 23.3 Å². The van der Waals surface area contributed by atoms with Gasteiger partial charge in [0.2, 0.25) is 0 Å². The van der Waals surface area contributed by atoms with E-state index >= 15 is 0 Å². The summed E-state index contributed by atoms with van der Waals surface area (Å²) in [5.74, 6) is 0.704. The van der Waals surface area contributed by atoms with Crippen LogP contribution in [0.25, 0.3) is 0 Å². The maximum atomic E-state index is 10.9. The Morgan fingerprint density at radius 2 is 1.65 bits per heavy atom. The number of benzene rings is 3. The van der Waals surface area contributed by atoms with Crippen LogP contribution in [0, 0.1) is 0 Å². The zero-order chi connectivity index (χ0) is 22.4. The number of carbonyl (C=O) groups is 1. The zero-order valence-electron chi connectivity index (χ0n) is 16.4. The Hall–Kier alpha value is -2.93. The van der Waals surface area contributed by atoms with Crippen LogP contribution in [0.4, 0.5) is 0 Å². The molecule has 0 aliphatic carbocycles. The second-order valence-corrected chi connectivity index (χ2v) is 7.69. The van der Waals surface area contributed by atoms with Crippen LogP contribution in [0.5, 0.6) is 23.0 Å². The number of carboxylic acid groups (broad SMARTS) is 1. The smallest absolute Gasteiger partial charge is 0.320 e. The first-order chi connectivity index (χ1) is 14.8. The van der Waals surface area contributed by atoms with Crippen molar-refractivity contribution in [1.29, 1.82) is 0 Å². The van der Waals surface area contributed by atoms with Gasteiger partial charge in [-0.05, 0) is 66.1 Å². The predicted molar refractivity (Wildman–Crippen MR) is 120 cm³/mol. The normalized spacial score (nSPS) is 11.7. The first-order valence-corrected chi connectivity index (χ1v) is 10.2. The second kappa shape index (κ2) is 10.4. The van der Waals surface area contributed by atoms with E-state index in [1.54, 1.807) is 36.4 Å². The standard InChI is InChI=1S/C23H21Cl2NO5/c24-19-11-15(13-21(26)23(28)29)12-20(25)22(19)30-9-8-14-2-1-3-18(10-14)31-17-6-4-16(27)5-7-17/h1-7,10-12,21,27H,8-9,13,26H2,(H,28,29)/t21-/m0/s1. The second-order valence-electron chi connectivity index (χ2n) is 6.88. The number of phenolic OH excluding ortho intramolecular Hbond substituents is 1. The summed E-state index contributed by atoms with van der Waals surface area (Å²) < 4.78 is 11.6. The number of hydrogen-bond acceptors (Lipinski definition) is 5. The molecule has 162 valence electrons. The van der Waals surface area contributed by atoms with Crippen molar-refractivity contribution in [3.8, 4) is 23.0 Å². The minimum atomic E-state index is -1.09. The summed E-state index contributed by atoms with van der Waals surface area (Å²) in [6, 6.07) is 16.2. The lowest BCUT2D eigenvalue weighted by Crippen LogP contribution is -2.32. The van der Waals surface area contributed by atoms with Crippen LogP contribution in [-0.2, 0) is 17.6 Å². The van der Waals surface area contributed by atoms with Crippen LogP contribution in [0.15, 0.2) is 60.7 Å². The van der Waals surface area contributed by atoms with Gasteiger partial charge in [-0.15, -0.1) is 0 Å². The van der Waals surface area contributed by atoms with Gasteiger partial charge >= 0.3 is 5.97 Å². The molecule has 3 aromatic rings. The van der Waals surface area contributed by atoms with Crippen LogP contribution in [0.1, 0.15) is 11.1 Å². The lowest BCUT2D eigenvalue weighted by atomic mass is 10.1. The van der Waals surface area contributed by atoms with E-state index < -0.39 is 12.0 Å². The number of halogens is 2. The van der Waals surface area contributed by atoms with E-state index in [1.807, 2.05) is 24.3 Å². The van der Waals surface area contributed by atoms with Crippen molar-refractivity contribution in [3.05, 3.63) is 81.8 Å². The minimum Gasteiger partial charge on any atom is -0.508 e. The molecular formula is C23H21Cl2NO5. The predicted octanol–water partition coefficient (Wildman–Crippen LogP) is 5.07. The van der Waals surface area contributed by atoms with E-state index in [1.165, 1.54) is 0 Å². The summed E-state index contributed by atoms with van der Waals surface area (Å²) in [4.78, 5) is 10.9. The Bertz CT molecular complexity index is 1030. The highest BCUT2D eigenvalue weighted by atomic mass is 35.5. The Morgan fingerprint density at radius 3 is 2.29 bits per heavy atom. The highest BCUT2D eigenvalue weighted by Crippen LogP contribution is 2.35. The van der Waals surface area contributed by atoms with Crippen molar-refractivity contribution >= 4 is 29.2 Å². The van der Waals surface area contributed by atoms with Gasteiger partial charge in [0, 0.05) is 6.42 Å². The molecule has 0 radical (unpaired) electrons. The molecule has 0 heterocycles. The molecule has 6 nitrogen and oxygen atoms in total. The molecular weight excluding hydrogens is 441 g/mol. The number of ether oxygens (including phenoxy) is 2. The molecule has 31 heavy (non-hydrogen) atoms. The molecule has 0 aliphatic heterocycles. The van der Waals surface area contributed by atoms with Gasteiger partial charge in [-0.3, -0.25) is 4.79 Å². The summed E-state index contributed by atoms with van der Waals surface area (Å²) in [7, 11) is 0. The molecule has 0 spiro atoms. The fourth-order valence-corrected chi connectivity index (χ4v) is 3.54. The number of aliphatic carboxylic acids is 1. The first kappa shape index (κ1) is 22.7. The van der Waals surface area contributed by atoms with Crippen LogP contribution >= 0.6 is 23.2 Å². The van der Waals surface area contributed by atoms with E-state index in [4.69, 9.17) is 43.5 Å². The van der Waals surface area contributed by atoms with Crippen LogP contribution in [0.3, 0.4) is 0 Å². The number of carboxylic acids is 1. The summed E-state index contributed by atoms with van der Waals surface area (Å²) in [6.07, 6.45) is 0.702. The van der Waals surface area contributed by atoms with Gasteiger partial charge in [-0.1, -0.05) is 35.3 Å². The lowest BCUT2D eigenvalue weighted by molar-refractivity contribution is -0.138. The average molecular weight is 462 g/mol. The highest BCUT2D eigenvalue weighted by molar-refractivity contribution is 6.37. The Morgan fingerprint density at radius 1 is 0.968 bits per heavy atom. The van der Waals surface area contributed by atoms with Crippen LogP contribution in [-0.4, -0.2) is 28.8 Å². The summed E-state index contributed by atoms with van der Waals surface area (Å²) in [5.41, 5.74) is 7.18. The summed E-state index contributed by atoms with van der Waals surface area (Å²) >= 11 is 12.5. The van der Waals surface area contributed by atoms with Gasteiger partial charge in [-0.25, -0.2) is 0 Å². The zero-order valence-corrected chi connectivity index (χ0v) is 17.9. The number of rotatable bonds is 9. The molecule has 0 saturated heterocycles. The molecule has 1 atom stereocenters. The first-order valence-electron chi connectivity index (χ1n) is 9.47. The molecule has 0 saturated carbocycles. The Kier molecular flexibility index (Phi) is 7.63. The average Bonchev–Trinajstić information content (AvgIpc) is 2.72. The van der Waals surface area contributed by atoms with Gasteiger partial charge < -0.3 is 25.4 Å². The minimum absolute atomic E-state index is 0.114. The number of aromatic hydroxyl groups is 1. The molecule has 0 bridgehead atoms. The third-order valence-corrected chi connectivity index (χ3v) is 5.00. The van der Waals surface area contributed by atoms with E-state index in [2.05, 4.69) is 0 Å². The number of nitrogens with two attached hydrogens (primary N) is 1. The van der Waals surface area contributed by atoms with E-state index in [0.717, 1.165) is 5.56 Å². The fraction of sp³-hybridized carbons (Fsp3) is 0.174. The molecule has 0 amide bonds. The SMILES string of the molecule is N[C@@H](Cc1cc(Cl)c(OCCc2cccc(Oc3ccc(O)cc3)c2)c(Cl)c1)C(=O)O. The van der Waals surface area contributed by atoms with Crippen molar-refractivity contribution in [2.75, 3.05) is 6.61 Å². The topological polar surface area (TPSA) is 102 Å². The van der Waals surface area contributed by atoms with E-state index in [0.29, 0.717) is 45.9 Å². The van der Waals surface area contributed by atoms with Crippen molar-refractivity contribution in [2.24, 2.45) is 5.73 Å². The molecule has 0 fully saturated rings. The molecule has 0 aliphatic rings. The third-order valence-electron chi connectivity index (χ3n) is 4.44. The monoisotopic (exact) mass is 461 g/mol. The molecule has 0 unspecified atom stereocenters. The van der Waals surface area contributed by atoms with Crippen LogP contribution < -0.4 is 15.2 Å². The number of phenols is 1. The maximum Gasteiger partial charge on any atom is 0.320 e. The Labute approximate surface area is 189 Å². The largest absolute Gasteiger partial charge is 0.508 e. The molecule has 8 heteroatoms. The lowest BCUT2D eigenvalue weighted by Gasteiger charge is -2.13. The van der Waals surface area contributed by atoms with Gasteiger partial charge in [-0.2, -0.15) is 0 Å². The molecule has 0 aromatic heterocycles. The highest BCUT2D eigenvalue weighted by Gasteiger charge is 2.16. The Balaban J connectivity index is 1.60. The summed E-state index contributed by atoms with van der Waals surface area (Å²) in [5, 5.41) is 18.9. The maximum absolute atomic E-state index is 10.9. The van der Waals surface area contributed by atoms with Gasteiger partial charge in [0.05, 0.1) is 16.7 Å². The van der Waals surface area contributed by atoms with E-state index in [-0.39, 0.29) is 12.2 Å². The van der Waals surface area contributed by atoms with Gasteiger partial charge in [0.25, 0.3) is 0 Å². The molecule has 4 N–H and O–H groups in total. The van der Waals surface area contributed by atoms with Crippen molar-refractivity contribution < 1.29 is 24.5 Å². The van der Waals surface area contributed by atoms with Crippen LogP contribution in [0.2, 0.25) is 10.0 Å². The molecule has 3 rings (SSSR count). The van der Waals surface area contributed by atoms with Crippen molar-refractivity contribution in [3.63, 3.8) is 0 Å². The quantitative estimate of drug-likeness (QED) is 0.411. The van der Waals surface area contributed by atoms with Gasteiger partial charge in [0.15, 0.2) is 5.75 Å².